The fraction of sp³-hybridized carbons (Fsp3) is 0.375. The molecular weight excluding hydrogens is 264 g/mol. The minimum atomic E-state index is 0.554. The number of aromatic nitrogens is 2. The van der Waals surface area contributed by atoms with E-state index in [1.807, 2.05) is 39.1 Å². The quantitative estimate of drug-likeness (QED) is 0.882. The van der Waals surface area contributed by atoms with Crippen molar-refractivity contribution >= 4 is 5.82 Å². The van der Waals surface area contributed by atoms with Gasteiger partial charge in [-0.1, -0.05) is 24.3 Å². The van der Waals surface area contributed by atoms with Crippen molar-refractivity contribution in [1.82, 2.24) is 9.97 Å². The molecule has 0 saturated heterocycles. The van der Waals surface area contributed by atoms with Crippen molar-refractivity contribution in [3.8, 4) is 5.88 Å². The molecule has 2 rings (SSSR count). The Bertz CT molecular complexity index is 601. The number of rotatable bonds is 6. The van der Waals surface area contributed by atoms with E-state index in [-0.39, 0.29) is 0 Å². The maximum absolute atomic E-state index is 5.68. The van der Waals surface area contributed by atoms with Crippen LogP contribution in [0, 0.1) is 6.92 Å². The van der Waals surface area contributed by atoms with Crippen LogP contribution in [-0.2, 0) is 13.1 Å². The maximum atomic E-state index is 5.68. The van der Waals surface area contributed by atoms with Gasteiger partial charge in [-0.25, -0.2) is 4.98 Å². The van der Waals surface area contributed by atoms with E-state index < -0.39 is 0 Å². The van der Waals surface area contributed by atoms with Crippen molar-refractivity contribution in [2.45, 2.75) is 26.9 Å². The molecule has 5 heteroatoms. The number of anilines is 1. The van der Waals surface area contributed by atoms with Gasteiger partial charge in [0.15, 0.2) is 0 Å². The van der Waals surface area contributed by atoms with Crippen LogP contribution < -0.4 is 15.4 Å². The minimum absolute atomic E-state index is 0.554. The number of aryl methyl sites for hydroxylation is 1. The zero-order chi connectivity index (χ0) is 15.2. The maximum Gasteiger partial charge on any atom is 0.218 e. The van der Waals surface area contributed by atoms with E-state index in [9.17, 15) is 0 Å². The first kappa shape index (κ1) is 15.3. The van der Waals surface area contributed by atoms with Crippen molar-refractivity contribution in [2.24, 2.45) is 5.73 Å². The Kier molecular flexibility index (Phi) is 5.11. The third-order valence-electron chi connectivity index (χ3n) is 3.13. The second-order valence-corrected chi connectivity index (χ2v) is 4.92. The predicted octanol–water partition coefficient (Wildman–Crippen LogP) is 2.28. The van der Waals surface area contributed by atoms with E-state index >= 15 is 0 Å². The molecule has 0 radical (unpaired) electrons. The van der Waals surface area contributed by atoms with Crippen LogP contribution in [0.4, 0.5) is 5.82 Å². The predicted molar refractivity (Wildman–Crippen MR) is 84.4 cm³/mol. The molecule has 1 aromatic heterocycles. The summed E-state index contributed by atoms with van der Waals surface area (Å²) in [6, 6.07) is 10.1. The summed E-state index contributed by atoms with van der Waals surface area (Å²) in [6.45, 7) is 5.72. The van der Waals surface area contributed by atoms with Crippen LogP contribution in [0.15, 0.2) is 30.3 Å². The van der Waals surface area contributed by atoms with Gasteiger partial charge in [-0.05, 0) is 25.0 Å². The van der Waals surface area contributed by atoms with Crippen LogP contribution in [0.25, 0.3) is 0 Å². The van der Waals surface area contributed by atoms with Crippen molar-refractivity contribution in [2.75, 3.05) is 18.6 Å². The molecule has 0 bridgehead atoms. The Morgan fingerprint density at radius 3 is 2.67 bits per heavy atom. The summed E-state index contributed by atoms with van der Waals surface area (Å²) < 4.78 is 5.47. The Morgan fingerprint density at radius 2 is 1.95 bits per heavy atom. The number of nitrogens with two attached hydrogens (primary N) is 1. The van der Waals surface area contributed by atoms with Gasteiger partial charge in [0.25, 0.3) is 0 Å². The van der Waals surface area contributed by atoms with Gasteiger partial charge in [0.05, 0.1) is 6.61 Å². The number of nitrogens with zero attached hydrogens (tertiary/aromatic N) is 3. The van der Waals surface area contributed by atoms with Crippen molar-refractivity contribution in [1.29, 1.82) is 0 Å². The molecule has 0 aliphatic carbocycles. The highest BCUT2D eigenvalue weighted by molar-refractivity contribution is 5.42. The van der Waals surface area contributed by atoms with Gasteiger partial charge in [0.1, 0.15) is 11.6 Å². The van der Waals surface area contributed by atoms with E-state index in [0.29, 0.717) is 24.9 Å². The molecule has 0 amide bonds. The second kappa shape index (κ2) is 7.04. The van der Waals surface area contributed by atoms with Gasteiger partial charge in [-0.2, -0.15) is 4.98 Å². The molecule has 0 fully saturated rings. The minimum Gasteiger partial charge on any atom is -0.478 e. The lowest BCUT2D eigenvalue weighted by Crippen LogP contribution is -2.18. The fourth-order valence-corrected chi connectivity index (χ4v) is 2.15. The van der Waals surface area contributed by atoms with E-state index in [1.165, 1.54) is 5.56 Å². The van der Waals surface area contributed by atoms with E-state index in [0.717, 1.165) is 17.9 Å². The van der Waals surface area contributed by atoms with Gasteiger partial charge in [0.2, 0.25) is 5.88 Å². The van der Waals surface area contributed by atoms with Gasteiger partial charge < -0.3 is 15.4 Å². The summed E-state index contributed by atoms with van der Waals surface area (Å²) in [5.74, 6) is 2.17. The second-order valence-electron chi connectivity index (χ2n) is 4.92. The Hall–Kier alpha value is -2.14. The first-order chi connectivity index (χ1) is 10.1. The summed E-state index contributed by atoms with van der Waals surface area (Å²) in [5.41, 5.74) is 8.02. The highest BCUT2D eigenvalue weighted by Gasteiger charge is 2.08. The zero-order valence-corrected chi connectivity index (χ0v) is 12.8. The SMILES string of the molecule is CCOc1cc(N(C)Cc2cccc(CN)c2)nc(C)n1. The first-order valence-corrected chi connectivity index (χ1v) is 7.10. The molecule has 1 heterocycles. The largest absolute Gasteiger partial charge is 0.478 e. The lowest BCUT2D eigenvalue weighted by Gasteiger charge is -2.19. The average molecular weight is 286 g/mol. The lowest BCUT2D eigenvalue weighted by atomic mass is 10.1. The number of ether oxygens (including phenoxy) is 1. The lowest BCUT2D eigenvalue weighted by molar-refractivity contribution is 0.325. The molecule has 0 aliphatic heterocycles. The standard InChI is InChI=1S/C16H22N4O/c1-4-21-16-9-15(18-12(2)19-16)20(3)11-14-7-5-6-13(8-14)10-17/h5-9H,4,10-11,17H2,1-3H3. The third-order valence-corrected chi connectivity index (χ3v) is 3.13. The summed E-state index contributed by atoms with van der Waals surface area (Å²) >= 11 is 0. The van der Waals surface area contributed by atoms with Crippen LogP contribution in [0.2, 0.25) is 0 Å². The third kappa shape index (κ3) is 4.16. The summed E-state index contributed by atoms with van der Waals surface area (Å²) in [7, 11) is 2.01. The average Bonchev–Trinajstić information content (AvgIpc) is 2.47. The first-order valence-electron chi connectivity index (χ1n) is 7.10. The summed E-state index contributed by atoms with van der Waals surface area (Å²) in [4.78, 5) is 10.8. The van der Waals surface area contributed by atoms with Crippen LogP contribution in [0.3, 0.4) is 0 Å². The highest BCUT2D eigenvalue weighted by Crippen LogP contribution is 2.18. The van der Waals surface area contributed by atoms with Crippen molar-refractivity contribution in [3.63, 3.8) is 0 Å². The van der Waals surface area contributed by atoms with Gasteiger partial charge in [0, 0.05) is 26.2 Å². The van der Waals surface area contributed by atoms with Gasteiger partial charge >= 0.3 is 0 Å². The van der Waals surface area contributed by atoms with E-state index in [4.69, 9.17) is 10.5 Å². The summed E-state index contributed by atoms with van der Waals surface area (Å²) in [6.07, 6.45) is 0. The molecule has 21 heavy (non-hydrogen) atoms. The van der Waals surface area contributed by atoms with Crippen molar-refractivity contribution < 1.29 is 4.74 Å². The van der Waals surface area contributed by atoms with Crippen LogP contribution in [0.1, 0.15) is 23.9 Å². The Balaban J connectivity index is 2.17. The monoisotopic (exact) mass is 286 g/mol. The van der Waals surface area contributed by atoms with Crippen LogP contribution in [-0.4, -0.2) is 23.6 Å². The molecule has 1 aromatic carbocycles. The van der Waals surface area contributed by atoms with Crippen LogP contribution >= 0.6 is 0 Å². The number of hydrogen-bond acceptors (Lipinski definition) is 5. The highest BCUT2D eigenvalue weighted by atomic mass is 16.5. The van der Waals surface area contributed by atoms with E-state index in [2.05, 4.69) is 27.0 Å². The fourth-order valence-electron chi connectivity index (χ4n) is 2.15. The molecule has 0 unspecified atom stereocenters. The zero-order valence-electron chi connectivity index (χ0n) is 12.8. The topological polar surface area (TPSA) is 64.3 Å². The number of hydrogen-bond donors (Lipinski definition) is 1. The normalized spacial score (nSPS) is 10.5. The molecule has 0 atom stereocenters. The molecule has 0 aliphatic rings. The Morgan fingerprint density at radius 1 is 1.19 bits per heavy atom. The molecule has 2 N–H and O–H groups in total. The van der Waals surface area contributed by atoms with Crippen molar-refractivity contribution in [3.05, 3.63) is 47.3 Å². The number of benzene rings is 1. The smallest absolute Gasteiger partial charge is 0.218 e. The molecule has 5 nitrogen and oxygen atoms in total. The summed E-state index contributed by atoms with van der Waals surface area (Å²) in [5, 5.41) is 0. The van der Waals surface area contributed by atoms with E-state index in [1.54, 1.807) is 0 Å². The molecule has 2 aromatic rings. The molecule has 112 valence electrons. The van der Waals surface area contributed by atoms with Crippen LogP contribution in [0.5, 0.6) is 5.88 Å². The van der Waals surface area contributed by atoms with Gasteiger partial charge in [-0.3, -0.25) is 0 Å². The Labute approximate surface area is 125 Å². The van der Waals surface area contributed by atoms with Gasteiger partial charge in [-0.15, -0.1) is 0 Å². The molecule has 0 spiro atoms. The molecule has 0 saturated carbocycles. The molecular formula is C16H22N4O.